The molecule has 0 bridgehead atoms. The van der Waals surface area contributed by atoms with E-state index in [-0.39, 0.29) is 25.0 Å². The van der Waals surface area contributed by atoms with Crippen LogP contribution < -0.4 is 0 Å². The van der Waals surface area contributed by atoms with Gasteiger partial charge in [-0.05, 0) is 29.7 Å². The zero-order valence-electron chi connectivity index (χ0n) is 12.9. The second-order valence-electron chi connectivity index (χ2n) is 5.59. The van der Waals surface area contributed by atoms with Crippen LogP contribution in [0.4, 0.5) is 0 Å². The van der Waals surface area contributed by atoms with Crippen LogP contribution in [0.2, 0.25) is 0 Å². The van der Waals surface area contributed by atoms with Gasteiger partial charge in [0.05, 0.1) is 25.4 Å². The average Bonchev–Trinajstić information content (AvgIpc) is 2.50. The van der Waals surface area contributed by atoms with Gasteiger partial charge in [-0.25, -0.2) is 0 Å². The van der Waals surface area contributed by atoms with Crippen LogP contribution in [0.25, 0.3) is 6.08 Å². The number of benzene rings is 1. The number of aliphatic hydroxyl groups is 4. The topological polar surface area (TPSA) is 80.9 Å². The quantitative estimate of drug-likeness (QED) is 0.616. The molecule has 1 rings (SSSR count). The molecule has 0 aliphatic heterocycles. The second-order valence-corrected chi connectivity index (χ2v) is 5.59. The predicted octanol–water partition coefficient (Wildman–Crippen LogP) is 1.67. The van der Waals surface area contributed by atoms with Gasteiger partial charge in [0.25, 0.3) is 0 Å². The molecular weight excluding hydrogens is 268 g/mol. The summed E-state index contributed by atoms with van der Waals surface area (Å²) in [5.41, 5.74) is 2.57. The van der Waals surface area contributed by atoms with Crippen molar-refractivity contribution in [2.75, 3.05) is 6.61 Å². The van der Waals surface area contributed by atoms with E-state index in [0.717, 1.165) is 16.7 Å². The highest BCUT2D eigenvalue weighted by Crippen LogP contribution is 2.29. The summed E-state index contributed by atoms with van der Waals surface area (Å²) in [4.78, 5) is 0. The molecule has 1 aromatic rings. The Kier molecular flexibility index (Phi) is 7.05. The maximum absolute atomic E-state index is 10.4. The van der Waals surface area contributed by atoms with Gasteiger partial charge in [0.1, 0.15) is 0 Å². The molecule has 0 heterocycles. The third-order valence-corrected chi connectivity index (χ3v) is 4.04. The Balaban J connectivity index is 3.12. The standard InChI is InChI=1S/C17H26O4/c1-11(13(3)20)17(21)12(2)16-7-6-14(10-19)9-15(16)5-4-8-18/h4-7,9,11-13,17-21H,8,10H2,1-3H3/b5-4+/t11-,12+,13+,17+/m1/s1. The van der Waals surface area contributed by atoms with E-state index in [0.29, 0.717) is 0 Å². The normalized spacial score (nSPS) is 17.7. The van der Waals surface area contributed by atoms with E-state index < -0.39 is 12.2 Å². The molecule has 118 valence electrons. The molecule has 1 aromatic carbocycles. The minimum atomic E-state index is -0.675. The number of hydrogen-bond acceptors (Lipinski definition) is 4. The SMILES string of the molecule is C[C@@H]([C@H](O)[C@@H](C)c1ccc(CO)cc1/C=C/CO)[C@H](C)O. The Morgan fingerprint density at radius 2 is 1.76 bits per heavy atom. The van der Waals surface area contributed by atoms with Crippen molar-refractivity contribution in [3.8, 4) is 0 Å². The van der Waals surface area contributed by atoms with Crippen molar-refractivity contribution in [3.63, 3.8) is 0 Å². The molecule has 0 unspecified atom stereocenters. The van der Waals surface area contributed by atoms with Gasteiger partial charge in [-0.2, -0.15) is 0 Å². The highest BCUT2D eigenvalue weighted by atomic mass is 16.3. The van der Waals surface area contributed by atoms with Crippen molar-refractivity contribution in [1.29, 1.82) is 0 Å². The van der Waals surface area contributed by atoms with Gasteiger partial charge >= 0.3 is 0 Å². The van der Waals surface area contributed by atoms with Gasteiger partial charge < -0.3 is 20.4 Å². The van der Waals surface area contributed by atoms with Gasteiger partial charge in [0.2, 0.25) is 0 Å². The molecule has 0 fully saturated rings. The van der Waals surface area contributed by atoms with E-state index in [2.05, 4.69) is 0 Å². The highest BCUT2D eigenvalue weighted by molar-refractivity contribution is 5.56. The Morgan fingerprint density at radius 3 is 2.29 bits per heavy atom. The molecule has 0 aliphatic rings. The zero-order chi connectivity index (χ0) is 16.0. The molecular formula is C17H26O4. The molecule has 4 atom stereocenters. The lowest BCUT2D eigenvalue weighted by Gasteiger charge is -2.28. The molecule has 0 spiro atoms. The summed E-state index contributed by atoms with van der Waals surface area (Å²) < 4.78 is 0. The van der Waals surface area contributed by atoms with Crippen LogP contribution >= 0.6 is 0 Å². The molecule has 0 amide bonds. The Labute approximate surface area is 126 Å². The van der Waals surface area contributed by atoms with Crippen LogP contribution in [0.15, 0.2) is 24.3 Å². The maximum atomic E-state index is 10.4. The Morgan fingerprint density at radius 1 is 1.10 bits per heavy atom. The van der Waals surface area contributed by atoms with Crippen LogP contribution in [0.5, 0.6) is 0 Å². The molecule has 4 N–H and O–H groups in total. The number of aliphatic hydroxyl groups excluding tert-OH is 4. The smallest absolute Gasteiger partial charge is 0.0682 e. The summed E-state index contributed by atoms with van der Waals surface area (Å²) in [6.45, 7) is 5.28. The average molecular weight is 294 g/mol. The van der Waals surface area contributed by atoms with Gasteiger partial charge in [-0.3, -0.25) is 0 Å². The van der Waals surface area contributed by atoms with Gasteiger partial charge in [0.15, 0.2) is 0 Å². The molecule has 21 heavy (non-hydrogen) atoms. The van der Waals surface area contributed by atoms with Crippen LogP contribution in [0.3, 0.4) is 0 Å². The van der Waals surface area contributed by atoms with E-state index in [1.807, 2.05) is 32.0 Å². The van der Waals surface area contributed by atoms with E-state index in [1.165, 1.54) is 0 Å². The van der Waals surface area contributed by atoms with Crippen LogP contribution in [-0.4, -0.2) is 39.2 Å². The lowest BCUT2D eigenvalue weighted by atomic mass is 9.83. The minimum absolute atomic E-state index is 0.0543. The van der Waals surface area contributed by atoms with Crippen LogP contribution in [0, 0.1) is 5.92 Å². The molecule has 0 aliphatic carbocycles. The zero-order valence-corrected chi connectivity index (χ0v) is 12.9. The van der Waals surface area contributed by atoms with E-state index in [9.17, 15) is 15.3 Å². The van der Waals surface area contributed by atoms with Crippen molar-refractivity contribution >= 4 is 6.08 Å². The van der Waals surface area contributed by atoms with Crippen molar-refractivity contribution in [2.24, 2.45) is 5.92 Å². The summed E-state index contributed by atoms with van der Waals surface area (Å²) in [6.07, 6.45) is 2.14. The number of hydrogen-bond donors (Lipinski definition) is 4. The molecule has 0 radical (unpaired) electrons. The third-order valence-electron chi connectivity index (χ3n) is 4.04. The maximum Gasteiger partial charge on any atom is 0.0682 e. The third kappa shape index (κ3) is 4.64. The van der Waals surface area contributed by atoms with Crippen molar-refractivity contribution in [3.05, 3.63) is 41.0 Å². The van der Waals surface area contributed by atoms with Gasteiger partial charge in [-0.15, -0.1) is 0 Å². The fourth-order valence-corrected chi connectivity index (χ4v) is 2.39. The first-order chi connectivity index (χ1) is 9.92. The van der Waals surface area contributed by atoms with Crippen LogP contribution in [0.1, 0.15) is 43.4 Å². The summed E-state index contributed by atoms with van der Waals surface area (Å²) in [7, 11) is 0. The predicted molar refractivity (Wildman–Crippen MR) is 83.8 cm³/mol. The number of rotatable bonds is 7. The Hall–Kier alpha value is -1.20. The largest absolute Gasteiger partial charge is 0.393 e. The first-order valence-electron chi connectivity index (χ1n) is 7.29. The van der Waals surface area contributed by atoms with Gasteiger partial charge in [0, 0.05) is 11.8 Å². The first-order valence-corrected chi connectivity index (χ1v) is 7.29. The fourth-order valence-electron chi connectivity index (χ4n) is 2.39. The fraction of sp³-hybridized carbons (Fsp3) is 0.529. The molecule has 0 aromatic heterocycles. The van der Waals surface area contributed by atoms with Crippen molar-refractivity contribution in [1.82, 2.24) is 0 Å². The lowest BCUT2D eigenvalue weighted by molar-refractivity contribution is 0.0190. The summed E-state index contributed by atoms with van der Waals surface area (Å²) in [5, 5.41) is 38.2. The summed E-state index contributed by atoms with van der Waals surface area (Å²) in [6, 6.07) is 5.55. The lowest BCUT2D eigenvalue weighted by Crippen LogP contribution is -2.31. The van der Waals surface area contributed by atoms with E-state index in [4.69, 9.17) is 5.11 Å². The van der Waals surface area contributed by atoms with E-state index in [1.54, 1.807) is 19.1 Å². The minimum Gasteiger partial charge on any atom is -0.393 e. The summed E-state index contributed by atoms with van der Waals surface area (Å²) >= 11 is 0. The van der Waals surface area contributed by atoms with Crippen molar-refractivity contribution in [2.45, 2.75) is 45.5 Å². The van der Waals surface area contributed by atoms with Gasteiger partial charge in [-0.1, -0.05) is 38.1 Å². The molecule has 4 heteroatoms. The second kappa shape index (κ2) is 8.29. The van der Waals surface area contributed by atoms with Crippen molar-refractivity contribution < 1.29 is 20.4 Å². The summed E-state index contributed by atoms with van der Waals surface area (Å²) in [5.74, 6) is -0.409. The molecule has 0 saturated heterocycles. The first kappa shape index (κ1) is 17.9. The molecule has 4 nitrogen and oxygen atoms in total. The van der Waals surface area contributed by atoms with E-state index >= 15 is 0 Å². The van der Waals surface area contributed by atoms with Crippen LogP contribution in [-0.2, 0) is 6.61 Å². The Bertz CT molecular complexity index is 468. The monoisotopic (exact) mass is 294 g/mol. The highest BCUT2D eigenvalue weighted by Gasteiger charge is 2.26. The molecule has 0 saturated carbocycles.